The molecule has 0 saturated heterocycles. The first kappa shape index (κ1) is 21.5. The Morgan fingerprint density at radius 3 is 2.29 bits per heavy atom. The molecule has 0 aliphatic rings. The third-order valence-corrected chi connectivity index (χ3v) is 3.96. The standard InChI is InChI=1S/C20H20F3NO4/c1-28-18-9-6-15(19(27)24-17(11-25)12-26)10-14(18)5-2-13-3-7-16(8-4-13)20(21,22)23/h2-10,17,25-26H,11-12H2,1H3,(H,24,27). The summed E-state index contributed by atoms with van der Waals surface area (Å²) in [5, 5.41) is 20.6. The Morgan fingerprint density at radius 2 is 1.75 bits per heavy atom. The second-order valence-corrected chi connectivity index (χ2v) is 5.95. The number of carbonyl (C=O) groups is 1. The molecule has 0 unspecified atom stereocenters. The van der Waals surface area contributed by atoms with Crippen molar-refractivity contribution < 1.29 is 32.9 Å². The van der Waals surface area contributed by atoms with Crippen LogP contribution in [0.3, 0.4) is 0 Å². The maximum atomic E-state index is 12.6. The summed E-state index contributed by atoms with van der Waals surface area (Å²) in [6, 6.07) is 8.53. The van der Waals surface area contributed by atoms with Crippen LogP contribution in [0.1, 0.15) is 27.0 Å². The molecule has 0 atom stereocenters. The average molecular weight is 395 g/mol. The van der Waals surface area contributed by atoms with Gasteiger partial charge in [0, 0.05) is 11.1 Å². The van der Waals surface area contributed by atoms with Crippen molar-refractivity contribution >= 4 is 18.1 Å². The minimum atomic E-state index is -4.39. The van der Waals surface area contributed by atoms with Crippen LogP contribution in [0.15, 0.2) is 42.5 Å². The Bertz CT molecular complexity index is 828. The number of hydrogen-bond donors (Lipinski definition) is 3. The molecule has 0 heterocycles. The van der Waals surface area contributed by atoms with Crippen LogP contribution in [0.2, 0.25) is 0 Å². The summed E-state index contributed by atoms with van der Waals surface area (Å²) >= 11 is 0. The molecule has 0 radical (unpaired) electrons. The Morgan fingerprint density at radius 1 is 1.11 bits per heavy atom. The van der Waals surface area contributed by atoms with Gasteiger partial charge in [-0.25, -0.2) is 0 Å². The lowest BCUT2D eigenvalue weighted by molar-refractivity contribution is -0.137. The summed E-state index contributed by atoms with van der Waals surface area (Å²) in [7, 11) is 1.46. The predicted octanol–water partition coefficient (Wildman–Crippen LogP) is 2.97. The molecular weight excluding hydrogens is 375 g/mol. The third kappa shape index (κ3) is 5.58. The van der Waals surface area contributed by atoms with Crippen molar-refractivity contribution in [1.29, 1.82) is 0 Å². The van der Waals surface area contributed by atoms with Crippen molar-refractivity contribution in [2.45, 2.75) is 12.2 Å². The van der Waals surface area contributed by atoms with E-state index in [1.807, 2.05) is 0 Å². The van der Waals surface area contributed by atoms with E-state index in [-0.39, 0.29) is 5.56 Å². The minimum absolute atomic E-state index is 0.278. The molecule has 2 rings (SSSR count). The van der Waals surface area contributed by atoms with Crippen molar-refractivity contribution in [1.82, 2.24) is 5.32 Å². The van der Waals surface area contributed by atoms with Gasteiger partial charge in [-0.1, -0.05) is 24.3 Å². The first-order valence-corrected chi connectivity index (χ1v) is 8.34. The number of nitrogens with one attached hydrogen (secondary N) is 1. The molecule has 0 aliphatic heterocycles. The van der Waals surface area contributed by atoms with Crippen LogP contribution in [-0.2, 0) is 6.18 Å². The summed E-state index contributed by atoms with van der Waals surface area (Å²) in [5.74, 6) is -0.0134. The van der Waals surface area contributed by atoms with Crippen LogP contribution >= 0.6 is 0 Å². The molecule has 2 aromatic carbocycles. The molecule has 3 N–H and O–H groups in total. The van der Waals surface area contributed by atoms with Gasteiger partial charge >= 0.3 is 6.18 Å². The molecule has 0 aliphatic carbocycles. The van der Waals surface area contributed by atoms with Crippen molar-refractivity contribution in [3.63, 3.8) is 0 Å². The highest BCUT2D eigenvalue weighted by molar-refractivity contribution is 5.95. The number of halogens is 3. The van der Waals surface area contributed by atoms with Gasteiger partial charge in [-0.15, -0.1) is 0 Å². The smallest absolute Gasteiger partial charge is 0.416 e. The molecule has 8 heteroatoms. The lowest BCUT2D eigenvalue weighted by atomic mass is 10.1. The molecule has 0 bridgehead atoms. The molecule has 0 spiro atoms. The molecule has 28 heavy (non-hydrogen) atoms. The number of carbonyl (C=O) groups excluding carboxylic acids is 1. The molecule has 0 fully saturated rings. The van der Waals surface area contributed by atoms with Crippen LogP contribution in [0.5, 0.6) is 5.75 Å². The Balaban J connectivity index is 2.24. The van der Waals surface area contributed by atoms with Gasteiger partial charge in [-0.2, -0.15) is 13.2 Å². The van der Waals surface area contributed by atoms with Gasteiger partial charge in [0.2, 0.25) is 0 Å². The van der Waals surface area contributed by atoms with Gasteiger partial charge in [0.1, 0.15) is 5.75 Å². The van der Waals surface area contributed by atoms with Gasteiger partial charge in [0.05, 0.1) is 31.9 Å². The number of alkyl halides is 3. The summed E-state index contributed by atoms with van der Waals surface area (Å²) < 4.78 is 43.1. The van der Waals surface area contributed by atoms with E-state index in [9.17, 15) is 18.0 Å². The second kappa shape index (κ2) is 9.38. The number of methoxy groups -OCH3 is 1. The molecule has 5 nitrogen and oxygen atoms in total. The summed E-state index contributed by atoms with van der Waals surface area (Å²) in [6.45, 7) is -0.807. The number of aliphatic hydroxyl groups excluding tert-OH is 2. The van der Waals surface area contributed by atoms with E-state index in [1.54, 1.807) is 24.3 Å². The molecule has 1 amide bonds. The van der Waals surface area contributed by atoms with Gasteiger partial charge in [0.15, 0.2) is 0 Å². The quantitative estimate of drug-likeness (QED) is 0.630. The van der Waals surface area contributed by atoms with E-state index < -0.39 is 36.9 Å². The predicted molar refractivity (Wildman–Crippen MR) is 98.8 cm³/mol. The van der Waals surface area contributed by atoms with Crippen molar-refractivity contribution in [2.75, 3.05) is 20.3 Å². The SMILES string of the molecule is COc1ccc(C(=O)NC(CO)CO)cc1C=Cc1ccc(C(F)(F)F)cc1. The zero-order valence-corrected chi connectivity index (χ0v) is 15.0. The summed E-state index contributed by atoms with van der Waals surface area (Å²) in [5.41, 5.74) is 0.633. The number of ether oxygens (including phenoxy) is 1. The van der Waals surface area contributed by atoms with E-state index in [2.05, 4.69) is 5.32 Å². The summed E-state index contributed by atoms with van der Waals surface area (Å²) in [4.78, 5) is 12.2. The van der Waals surface area contributed by atoms with E-state index >= 15 is 0 Å². The topological polar surface area (TPSA) is 78.8 Å². The second-order valence-electron chi connectivity index (χ2n) is 5.95. The molecule has 2 aromatic rings. The Kier molecular flexibility index (Phi) is 7.19. The van der Waals surface area contributed by atoms with Gasteiger partial charge in [-0.05, 0) is 35.9 Å². The van der Waals surface area contributed by atoms with Crippen molar-refractivity contribution in [3.05, 3.63) is 64.7 Å². The maximum Gasteiger partial charge on any atom is 0.416 e. The first-order valence-electron chi connectivity index (χ1n) is 8.34. The van der Waals surface area contributed by atoms with Gasteiger partial charge in [0.25, 0.3) is 5.91 Å². The van der Waals surface area contributed by atoms with Gasteiger partial charge < -0.3 is 20.3 Å². The van der Waals surface area contributed by atoms with E-state index in [0.717, 1.165) is 12.1 Å². The summed E-state index contributed by atoms with van der Waals surface area (Å²) in [6.07, 6.45) is -1.17. The highest BCUT2D eigenvalue weighted by Crippen LogP contribution is 2.29. The molecular formula is C20H20F3NO4. The Hall–Kier alpha value is -2.84. The van der Waals surface area contributed by atoms with Crippen LogP contribution in [0.25, 0.3) is 12.2 Å². The number of hydrogen-bond acceptors (Lipinski definition) is 4. The zero-order chi connectivity index (χ0) is 20.7. The molecule has 0 aromatic heterocycles. The van der Waals surface area contributed by atoms with E-state index in [0.29, 0.717) is 16.9 Å². The highest BCUT2D eigenvalue weighted by atomic mass is 19.4. The van der Waals surface area contributed by atoms with Crippen LogP contribution in [-0.4, -0.2) is 42.5 Å². The maximum absolute atomic E-state index is 12.6. The number of amides is 1. The Labute approximate surface area is 160 Å². The first-order chi connectivity index (χ1) is 13.3. The largest absolute Gasteiger partial charge is 0.496 e. The van der Waals surface area contributed by atoms with E-state index in [1.165, 1.54) is 25.3 Å². The lowest BCUT2D eigenvalue weighted by Gasteiger charge is -2.14. The van der Waals surface area contributed by atoms with Crippen LogP contribution < -0.4 is 10.1 Å². The van der Waals surface area contributed by atoms with Crippen molar-refractivity contribution in [2.24, 2.45) is 0 Å². The normalized spacial score (nSPS) is 11.8. The third-order valence-electron chi connectivity index (χ3n) is 3.96. The van der Waals surface area contributed by atoms with E-state index in [4.69, 9.17) is 14.9 Å². The number of rotatable bonds is 7. The van der Waals surface area contributed by atoms with Gasteiger partial charge in [-0.3, -0.25) is 4.79 Å². The fourth-order valence-corrected chi connectivity index (χ4v) is 2.39. The number of benzene rings is 2. The lowest BCUT2D eigenvalue weighted by Crippen LogP contribution is -2.40. The minimum Gasteiger partial charge on any atom is -0.496 e. The highest BCUT2D eigenvalue weighted by Gasteiger charge is 2.29. The average Bonchev–Trinajstić information content (AvgIpc) is 2.69. The zero-order valence-electron chi connectivity index (χ0n) is 15.0. The fraction of sp³-hybridized carbons (Fsp3) is 0.250. The van der Waals surface area contributed by atoms with Crippen molar-refractivity contribution in [3.8, 4) is 5.75 Å². The monoisotopic (exact) mass is 395 g/mol. The van der Waals surface area contributed by atoms with Crippen LogP contribution in [0, 0.1) is 0 Å². The van der Waals surface area contributed by atoms with Crippen LogP contribution in [0.4, 0.5) is 13.2 Å². The number of aliphatic hydroxyl groups is 2. The molecule has 0 saturated carbocycles. The fourth-order valence-electron chi connectivity index (χ4n) is 2.39. The molecule has 150 valence electrons.